The maximum Gasteiger partial charge on any atom is 0.314 e. The second-order valence-electron chi connectivity index (χ2n) is 4.06. The molecule has 0 aliphatic rings. The molecule has 5 heteroatoms. The van der Waals surface area contributed by atoms with Crippen molar-refractivity contribution in [2.75, 3.05) is 6.54 Å². The Labute approximate surface area is 96.3 Å². The van der Waals surface area contributed by atoms with Crippen LogP contribution in [-0.2, 0) is 6.54 Å². The van der Waals surface area contributed by atoms with E-state index in [1.165, 1.54) is 0 Å². The van der Waals surface area contributed by atoms with Crippen molar-refractivity contribution < 1.29 is 4.79 Å². The van der Waals surface area contributed by atoms with Crippen molar-refractivity contribution in [3.8, 4) is 0 Å². The highest BCUT2D eigenvalue weighted by atomic mass is 16.2. The molecule has 0 aliphatic carbocycles. The highest BCUT2D eigenvalue weighted by molar-refractivity contribution is 5.73. The summed E-state index contributed by atoms with van der Waals surface area (Å²) >= 11 is 0. The molecule has 0 unspecified atom stereocenters. The molecule has 0 saturated heterocycles. The van der Waals surface area contributed by atoms with Gasteiger partial charge in [0, 0.05) is 31.5 Å². The third kappa shape index (κ3) is 5.38. The van der Waals surface area contributed by atoms with Gasteiger partial charge in [0.15, 0.2) is 0 Å². The number of hydrogen-bond acceptors (Lipinski definition) is 2. The van der Waals surface area contributed by atoms with Crippen LogP contribution in [0.15, 0.2) is 18.7 Å². The van der Waals surface area contributed by atoms with E-state index in [9.17, 15) is 4.79 Å². The van der Waals surface area contributed by atoms with Gasteiger partial charge in [-0.3, -0.25) is 0 Å². The van der Waals surface area contributed by atoms with E-state index in [0.29, 0.717) is 6.54 Å². The minimum absolute atomic E-state index is 0.0855. The number of nitrogens with zero attached hydrogens (tertiary/aromatic N) is 2. The molecule has 0 spiro atoms. The second-order valence-corrected chi connectivity index (χ2v) is 4.06. The molecule has 0 fully saturated rings. The summed E-state index contributed by atoms with van der Waals surface area (Å²) in [4.78, 5) is 15.2. The fourth-order valence-electron chi connectivity index (χ4n) is 1.35. The number of carbonyl (C=O) groups is 1. The molecule has 1 aromatic rings. The Balaban J connectivity index is 1.98. The summed E-state index contributed by atoms with van der Waals surface area (Å²) in [7, 11) is 0. The SMILES string of the molecule is CC(C)NC(=O)NCCCCn1ccnc1. The number of imidazole rings is 1. The number of urea groups is 1. The minimum atomic E-state index is -0.0855. The van der Waals surface area contributed by atoms with Crippen LogP contribution in [0.4, 0.5) is 4.79 Å². The number of aryl methyl sites for hydroxylation is 1. The van der Waals surface area contributed by atoms with E-state index in [0.717, 1.165) is 19.4 Å². The lowest BCUT2D eigenvalue weighted by atomic mass is 10.3. The summed E-state index contributed by atoms with van der Waals surface area (Å²) in [6.07, 6.45) is 7.54. The predicted molar refractivity (Wildman–Crippen MR) is 63.1 cm³/mol. The molecule has 0 atom stereocenters. The van der Waals surface area contributed by atoms with Gasteiger partial charge in [0.05, 0.1) is 6.33 Å². The maximum absolute atomic E-state index is 11.2. The lowest BCUT2D eigenvalue weighted by molar-refractivity contribution is 0.238. The number of unbranched alkanes of at least 4 members (excludes halogenated alkanes) is 1. The van der Waals surface area contributed by atoms with E-state index >= 15 is 0 Å². The van der Waals surface area contributed by atoms with Crippen molar-refractivity contribution in [1.82, 2.24) is 20.2 Å². The van der Waals surface area contributed by atoms with Gasteiger partial charge in [-0.25, -0.2) is 9.78 Å². The van der Waals surface area contributed by atoms with E-state index in [4.69, 9.17) is 0 Å². The van der Waals surface area contributed by atoms with Crippen molar-refractivity contribution in [3.63, 3.8) is 0 Å². The van der Waals surface area contributed by atoms with Gasteiger partial charge in [0.1, 0.15) is 0 Å². The quantitative estimate of drug-likeness (QED) is 0.717. The fraction of sp³-hybridized carbons (Fsp3) is 0.636. The Kier molecular flexibility index (Phi) is 5.39. The third-order valence-corrected chi connectivity index (χ3v) is 2.11. The molecule has 5 nitrogen and oxygen atoms in total. The molecule has 2 amide bonds. The van der Waals surface area contributed by atoms with Crippen LogP contribution in [0.1, 0.15) is 26.7 Å². The van der Waals surface area contributed by atoms with Crippen LogP contribution in [0.3, 0.4) is 0 Å². The summed E-state index contributed by atoms with van der Waals surface area (Å²) in [5.41, 5.74) is 0. The first kappa shape index (κ1) is 12.5. The van der Waals surface area contributed by atoms with Crippen molar-refractivity contribution in [2.45, 2.75) is 39.3 Å². The summed E-state index contributed by atoms with van der Waals surface area (Å²) in [6.45, 7) is 5.55. The van der Waals surface area contributed by atoms with Crippen LogP contribution >= 0.6 is 0 Å². The first-order valence-corrected chi connectivity index (χ1v) is 5.68. The molecule has 1 heterocycles. The Hall–Kier alpha value is -1.52. The summed E-state index contributed by atoms with van der Waals surface area (Å²) in [6, 6.07) is 0.101. The summed E-state index contributed by atoms with van der Waals surface area (Å²) in [5, 5.41) is 5.60. The van der Waals surface area contributed by atoms with Crippen molar-refractivity contribution >= 4 is 6.03 Å². The number of carbonyl (C=O) groups excluding carboxylic acids is 1. The first-order chi connectivity index (χ1) is 7.68. The van der Waals surface area contributed by atoms with Crippen LogP contribution in [-0.4, -0.2) is 28.2 Å². The molecule has 0 aliphatic heterocycles. The Bertz CT molecular complexity index is 295. The van der Waals surface area contributed by atoms with Crippen LogP contribution in [0.5, 0.6) is 0 Å². The van der Waals surface area contributed by atoms with E-state index in [1.807, 2.05) is 24.6 Å². The van der Waals surface area contributed by atoms with Crippen LogP contribution in [0.2, 0.25) is 0 Å². The zero-order chi connectivity index (χ0) is 11.8. The molecule has 2 N–H and O–H groups in total. The van der Waals surface area contributed by atoms with Gasteiger partial charge in [-0.15, -0.1) is 0 Å². The largest absolute Gasteiger partial charge is 0.338 e. The molecule has 0 bridgehead atoms. The van der Waals surface area contributed by atoms with Gasteiger partial charge in [0.25, 0.3) is 0 Å². The third-order valence-electron chi connectivity index (χ3n) is 2.11. The highest BCUT2D eigenvalue weighted by Crippen LogP contribution is 1.93. The number of aromatic nitrogens is 2. The lowest BCUT2D eigenvalue weighted by Crippen LogP contribution is -2.39. The highest BCUT2D eigenvalue weighted by Gasteiger charge is 2.00. The van der Waals surface area contributed by atoms with Crippen molar-refractivity contribution in [3.05, 3.63) is 18.7 Å². The molecule has 90 valence electrons. The van der Waals surface area contributed by atoms with Crippen LogP contribution < -0.4 is 10.6 Å². The van der Waals surface area contributed by atoms with E-state index in [1.54, 1.807) is 12.5 Å². The van der Waals surface area contributed by atoms with Crippen LogP contribution in [0.25, 0.3) is 0 Å². The lowest BCUT2D eigenvalue weighted by Gasteiger charge is -2.09. The van der Waals surface area contributed by atoms with Gasteiger partial charge in [-0.1, -0.05) is 0 Å². The topological polar surface area (TPSA) is 59.0 Å². The second kappa shape index (κ2) is 6.87. The molecule has 1 aromatic heterocycles. The average molecular weight is 224 g/mol. The summed E-state index contributed by atoms with van der Waals surface area (Å²) < 4.78 is 2.04. The van der Waals surface area contributed by atoms with Gasteiger partial charge >= 0.3 is 6.03 Å². The zero-order valence-corrected chi connectivity index (χ0v) is 9.94. The van der Waals surface area contributed by atoms with Gasteiger partial charge in [-0.05, 0) is 26.7 Å². The van der Waals surface area contributed by atoms with E-state index in [-0.39, 0.29) is 12.1 Å². The Morgan fingerprint density at radius 1 is 1.44 bits per heavy atom. The van der Waals surface area contributed by atoms with E-state index < -0.39 is 0 Å². The van der Waals surface area contributed by atoms with Crippen molar-refractivity contribution in [2.24, 2.45) is 0 Å². The van der Waals surface area contributed by atoms with Crippen molar-refractivity contribution in [1.29, 1.82) is 0 Å². The Morgan fingerprint density at radius 2 is 2.25 bits per heavy atom. The van der Waals surface area contributed by atoms with Gasteiger partial charge in [-0.2, -0.15) is 0 Å². The average Bonchev–Trinajstić information content (AvgIpc) is 2.68. The zero-order valence-electron chi connectivity index (χ0n) is 9.94. The maximum atomic E-state index is 11.2. The standard InChI is InChI=1S/C11H20N4O/c1-10(2)14-11(16)13-5-3-4-7-15-8-6-12-9-15/h6,8-10H,3-5,7H2,1-2H3,(H2,13,14,16). The molecule has 0 radical (unpaired) electrons. The number of rotatable bonds is 6. The number of nitrogens with one attached hydrogen (secondary N) is 2. The molecular formula is C11H20N4O. The monoisotopic (exact) mass is 224 g/mol. The molecule has 0 aromatic carbocycles. The first-order valence-electron chi connectivity index (χ1n) is 5.68. The molecule has 0 saturated carbocycles. The van der Waals surface area contributed by atoms with E-state index in [2.05, 4.69) is 15.6 Å². The Morgan fingerprint density at radius 3 is 2.88 bits per heavy atom. The normalized spacial score (nSPS) is 10.4. The van der Waals surface area contributed by atoms with Crippen LogP contribution in [0, 0.1) is 0 Å². The fourth-order valence-corrected chi connectivity index (χ4v) is 1.35. The molecule has 16 heavy (non-hydrogen) atoms. The van der Waals surface area contributed by atoms with Gasteiger partial charge in [0.2, 0.25) is 0 Å². The predicted octanol–water partition coefficient (Wildman–Crippen LogP) is 1.37. The molecular weight excluding hydrogens is 204 g/mol. The number of amides is 2. The van der Waals surface area contributed by atoms with Gasteiger partial charge < -0.3 is 15.2 Å². The molecule has 1 rings (SSSR count). The number of hydrogen-bond donors (Lipinski definition) is 2. The summed E-state index contributed by atoms with van der Waals surface area (Å²) in [5.74, 6) is 0. The minimum Gasteiger partial charge on any atom is -0.338 e. The smallest absolute Gasteiger partial charge is 0.314 e.